The number of carbonyl (C=O) groups excluding carboxylic acids is 1. The second kappa shape index (κ2) is 7.74. The third-order valence-electron chi connectivity index (χ3n) is 3.70. The van der Waals surface area contributed by atoms with E-state index >= 15 is 0 Å². The lowest BCUT2D eigenvalue weighted by atomic mass is 9.98. The third kappa shape index (κ3) is 5.36. The van der Waals surface area contributed by atoms with Crippen molar-refractivity contribution >= 4 is 5.91 Å². The normalized spacial score (nSPS) is 23.3. The van der Waals surface area contributed by atoms with Crippen LogP contribution < -0.4 is 5.32 Å². The summed E-state index contributed by atoms with van der Waals surface area (Å²) in [7, 11) is 0. The summed E-state index contributed by atoms with van der Waals surface area (Å²) in [6.07, 6.45) is 3.41. The van der Waals surface area contributed by atoms with Crippen molar-refractivity contribution in [2.24, 2.45) is 5.92 Å². The Morgan fingerprint density at radius 3 is 2.78 bits per heavy atom. The van der Waals surface area contributed by atoms with Crippen LogP contribution in [-0.4, -0.2) is 47.7 Å². The Hall–Kier alpha value is -0.610. The molecule has 1 heterocycles. The highest BCUT2D eigenvalue weighted by Crippen LogP contribution is 2.21. The molecule has 2 N–H and O–H groups in total. The van der Waals surface area contributed by atoms with E-state index in [-0.39, 0.29) is 5.91 Å². The van der Waals surface area contributed by atoms with Crippen LogP contribution >= 0.6 is 0 Å². The molecule has 2 atom stereocenters. The zero-order valence-electron chi connectivity index (χ0n) is 12.0. The first-order valence-corrected chi connectivity index (χ1v) is 7.22. The predicted molar refractivity (Wildman–Crippen MR) is 73.4 cm³/mol. The number of β-amino-alcohol motifs (C(OH)–C–C–N with tert-alkyl or cyclic N) is 1. The van der Waals surface area contributed by atoms with Gasteiger partial charge in [-0.2, -0.15) is 0 Å². The van der Waals surface area contributed by atoms with Gasteiger partial charge in [-0.1, -0.05) is 27.2 Å². The number of hydrogen-bond donors (Lipinski definition) is 2. The Balaban J connectivity index is 2.37. The highest BCUT2D eigenvalue weighted by atomic mass is 16.3. The van der Waals surface area contributed by atoms with Gasteiger partial charge in [0.1, 0.15) is 0 Å². The molecular formula is C14H28N2O2. The minimum atomic E-state index is -0.463. The standard InChI is InChI=1S/C14H28N2O2/c1-4-12-5-6-14(18)16(8-7-12)10-13(17)9-15-11(2)3/h11-13,15,17H,4-10H2,1-3H3. The molecule has 0 radical (unpaired) electrons. The minimum absolute atomic E-state index is 0.203. The predicted octanol–water partition coefficient (Wildman–Crippen LogP) is 1.38. The number of nitrogens with one attached hydrogen (secondary N) is 1. The van der Waals surface area contributed by atoms with Crippen LogP contribution in [0.25, 0.3) is 0 Å². The van der Waals surface area contributed by atoms with E-state index in [9.17, 15) is 9.90 Å². The van der Waals surface area contributed by atoms with Crippen LogP contribution in [0.5, 0.6) is 0 Å². The second-order valence-electron chi connectivity index (χ2n) is 5.66. The number of hydrogen-bond acceptors (Lipinski definition) is 3. The van der Waals surface area contributed by atoms with Crippen LogP contribution in [0.3, 0.4) is 0 Å². The van der Waals surface area contributed by atoms with Gasteiger partial charge < -0.3 is 15.3 Å². The smallest absolute Gasteiger partial charge is 0.222 e. The molecule has 0 saturated carbocycles. The molecule has 1 saturated heterocycles. The van der Waals surface area contributed by atoms with Crippen LogP contribution in [0.1, 0.15) is 46.5 Å². The van der Waals surface area contributed by atoms with Gasteiger partial charge in [-0.05, 0) is 18.8 Å². The average molecular weight is 256 g/mol. The Bertz CT molecular complexity index is 256. The van der Waals surface area contributed by atoms with Gasteiger partial charge in [0.15, 0.2) is 0 Å². The fraction of sp³-hybridized carbons (Fsp3) is 0.929. The monoisotopic (exact) mass is 256 g/mol. The van der Waals surface area contributed by atoms with Gasteiger partial charge in [-0.3, -0.25) is 4.79 Å². The number of carbonyl (C=O) groups is 1. The highest BCUT2D eigenvalue weighted by Gasteiger charge is 2.23. The van der Waals surface area contributed by atoms with Crippen molar-refractivity contribution in [3.8, 4) is 0 Å². The van der Waals surface area contributed by atoms with E-state index in [1.54, 1.807) is 0 Å². The minimum Gasteiger partial charge on any atom is -0.390 e. The lowest BCUT2D eigenvalue weighted by Crippen LogP contribution is -2.42. The number of rotatable bonds is 6. The maximum absolute atomic E-state index is 11.9. The van der Waals surface area contributed by atoms with Crippen LogP contribution in [0.15, 0.2) is 0 Å². The van der Waals surface area contributed by atoms with Crippen molar-refractivity contribution in [1.29, 1.82) is 0 Å². The van der Waals surface area contributed by atoms with Gasteiger partial charge in [0.05, 0.1) is 6.10 Å². The molecule has 1 fully saturated rings. The van der Waals surface area contributed by atoms with Crippen LogP contribution in [0.4, 0.5) is 0 Å². The third-order valence-corrected chi connectivity index (χ3v) is 3.70. The van der Waals surface area contributed by atoms with Crippen molar-refractivity contribution in [3.63, 3.8) is 0 Å². The van der Waals surface area contributed by atoms with Gasteiger partial charge in [0.2, 0.25) is 5.91 Å². The molecule has 0 aliphatic carbocycles. The molecule has 4 nitrogen and oxygen atoms in total. The van der Waals surface area contributed by atoms with Crippen LogP contribution in [0, 0.1) is 5.92 Å². The van der Waals surface area contributed by atoms with Crippen molar-refractivity contribution in [3.05, 3.63) is 0 Å². The first-order valence-electron chi connectivity index (χ1n) is 7.22. The fourth-order valence-corrected chi connectivity index (χ4v) is 2.39. The Morgan fingerprint density at radius 1 is 1.44 bits per heavy atom. The maximum atomic E-state index is 11.9. The lowest BCUT2D eigenvalue weighted by Gasteiger charge is -2.24. The summed E-state index contributed by atoms with van der Waals surface area (Å²) in [6.45, 7) is 8.11. The van der Waals surface area contributed by atoms with E-state index in [1.807, 2.05) is 4.90 Å². The van der Waals surface area contributed by atoms with E-state index in [4.69, 9.17) is 0 Å². The highest BCUT2D eigenvalue weighted by molar-refractivity contribution is 5.76. The summed E-state index contributed by atoms with van der Waals surface area (Å²) in [6, 6.07) is 0.365. The Kier molecular flexibility index (Phi) is 6.65. The van der Waals surface area contributed by atoms with E-state index in [2.05, 4.69) is 26.1 Å². The van der Waals surface area contributed by atoms with E-state index in [1.165, 1.54) is 0 Å². The molecule has 0 aromatic heterocycles. The summed E-state index contributed by atoms with van der Waals surface area (Å²) in [5, 5.41) is 13.1. The fourth-order valence-electron chi connectivity index (χ4n) is 2.39. The van der Waals surface area contributed by atoms with Gasteiger partial charge in [-0.25, -0.2) is 0 Å². The topological polar surface area (TPSA) is 52.6 Å². The summed E-state index contributed by atoms with van der Waals surface area (Å²) in [5.74, 6) is 0.874. The van der Waals surface area contributed by atoms with Crippen LogP contribution in [-0.2, 0) is 4.79 Å². The molecule has 0 bridgehead atoms. The molecule has 0 aromatic carbocycles. The van der Waals surface area contributed by atoms with Gasteiger partial charge in [0.25, 0.3) is 0 Å². The average Bonchev–Trinajstić information content (AvgIpc) is 2.50. The molecule has 106 valence electrons. The van der Waals surface area contributed by atoms with Crippen molar-refractivity contribution in [1.82, 2.24) is 10.2 Å². The summed E-state index contributed by atoms with van der Waals surface area (Å²) in [5.41, 5.74) is 0. The molecule has 0 aromatic rings. The molecular weight excluding hydrogens is 228 g/mol. The molecule has 4 heteroatoms. The first-order chi connectivity index (χ1) is 8.52. The summed E-state index contributed by atoms with van der Waals surface area (Å²) in [4.78, 5) is 13.8. The number of nitrogens with zero attached hydrogens (tertiary/aromatic N) is 1. The van der Waals surface area contributed by atoms with Crippen molar-refractivity contribution < 1.29 is 9.90 Å². The Labute approximate surface area is 111 Å². The van der Waals surface area contributed by atoms with Gasteiger partial charge in [0, 0.05) is 32.1 Å². The van der Waals surface area contributed by atoms with E-state index < -0.39 is 6.10 Å². The number of likely N-dealkylation sites (tertiary alicyclic amines) is 1. The summed E-state index contributed by atoms with van der Waals surface area (Å²) < 4.78 is 0. The molecule has 1 rings (SSSR count). The quantitative estimate of drug-likeness (QED) is 0.755. The number of aliphatic hydroxyl groups excluding tert-OH is 1. The molecule has 18 heavy (non-hydrogen) atoms. The first kappa shape index (κ1) is 15.4. The largest absolute Gasteiger partial charge is 0.390 e. The summed E-state index contributed by atoms with van der Waals surface area (Å²) >= 11 is 0. The SMILES string of the molecule is CCC1CCC(=O)N(CC(O)CNC(C)C)CC1. The van der Waals surface area contributed by atoms with Crippen molar-refractivity contribution in [2.45, 2.75) is 58.6 Å². The zero-order chi connectivity index (χ0) is 13.5. The molecule has 2 unspecified atom stereocenters. The Morgan fingerprint density at radius 2 is 2.17 bits per heavy atom. The van der Waals surface area contributed by atoms with Crippen LogP contribution in [0.2, 0.25) is 0 Å². The van der Waals surface area contributed by atoms with Crippen molar-refractivity contribution in [2.75, 3.05) is 19.6 Å². The molecule has 1 aliphatic heterocycles. The molecule has 1 aliphatic rings. The second-order valence-corrected chi connectivity index (χ2v) is 5.66. The molecule has 1 amide bonds. The number of aliphatic hydroxyl groups is 1. The zero-order valence-corrected chi connectivity index (χ0v) is 12.0. The number of amides is 1. The maximum Gasteiger partial charge on any atom is 0.222 e. The van der Waals surface area contributed by atoms with Gasteiger partial charge in [-0.15, -0.1) is 0 Å². The van der Waals surface area contributed by atoms with E-state index in [0.717, 1.165) is 25.8 Å². The molecule has 0 spiro atoms. The lowest BCUT2D eigenvalue weighted by molar-refractivity contribution is -0.132. The van der Waals surface area contributed by atoms with Gasteiger partial charge >= 0.3 is 0 Å². The van der Waals surface area contributed by atoms with E-state index in [0.29, 0.717) is 31.5 Å².